The number of aromatic nitrogens is 1. The number of rotatable bonds is 5. The lowest BCUT2D eigenvalue weighted by Crippen LogP contribution is -2.29. The lowest BCUT2D eigenvalue weighted by molar-refractivity contribution is -0.138. The van der Waals surface area contributed by atoms with E-state index in [2.05, 4.69) is 10.3 Å². The summed E-state index contributed by atoms with van der Waals surface area (Å²) in [7, 11) is 0. The van der Waals surface area contributed by atoms with Crippen LogP contribution in [0.15, 0.2) is 12.1 Å². The minimum atomic E-state index is -0.893. The van der Waals surface area contributed by atoms with E-state index in [9.17, 15) is 4.79 Å². The summed E-state index contributed by atoms with van der Waals surface area (Å²) >= 11 is 0. The van der Waals surface area contributed by atoms with Crippen LogP contribution in [0.1, 0.15) is 31.0 Å². The number of carbonyl (C=O) groups is 1. The van der Waals surface area contributed by atoms with E-state index in [4.69, 9.17) is 10.4 Å². The molecule has 0 aliphatic carbocycles. The lowest BCUT2D eigenvalue weighted by Gasteiger charge is -2.14. The van der Waals surface area contributed by atoms with Crippen molar-refractivity contribution < 1.29 is 9.90 Å². The highest BCUT2D eigenvalue weighted by atomic mass is 16.4. The van der Waals surface area contributed by atoms with Gasteiger partial charge in [0.25, 0.3) is 0 Å². The minimum absolute atomic E-state index is 0.488. The van der Waals surface area contributed by atoms with E-state index in [1.807, 2.05) is 13.0 Å². The van der Waals surface area contributed by atoms with Crippen molar-refractivity contribution in [1.82, 2.24) is 4.98 Å². The van der Waals surface area contributed by atoms with Gasteiger partial charge in [0, 0.05) is 0 Å². The summed E-state index contributed by atoms with van der Waals surface area (Å²) in [5.41, 5.74) is 1.09. The number of aryl methyl sites for hydroxylation is 1. The van der Waals surface area contributed by atoms with Crippen molar-refractivity contribution in [3.8, 4) is 6.07 Å². The van der Waals surface area contributed by atoms with Crippen LogP contribution in [0.2, 0.25) is 0 Å². The first-order valence-electron chi connectivity index (χ1n) is 5.45. The predicted molar refractivity (Wildman–Crippen MR) is 63.6 cm³/mol. The number of carboxylic acid groups (broad SMARTS) is 1. The van der Waals surface area contributed by atoms with E-state index in [0.717, 1.165) is 6.42 Å². The number of carboxylic acids is 1. The molecule has 0 spiro atoms. The second-order valence-electron chi connectivity index (χ2n) is 3.77. The van der Waals surface area contributed by atoms with E-state index in [-0.39, 0.29) is 0 Å². The Balaban J connectivity index is 2.84. The first-order chi connectivity index (χ1) is 8.08. The Morgan fingerprint density at radius 1 is 1.65 bits per heavy atom. The van der Waals surface area contributed by atoms with Crippen LogP contribution in [-0.4, -0.2) is 22.1 Å². The van der Waals surface area contributed by atoms with Gasteiger partial charge in [-0.25, -0.2) is 9.78 Å². The number of hydrogen-bond donors (Lipinski definition) is 2. The zero-order chi connectivity index (χ0) is 12.8. The second-order valence-corrected chi connectivity index (χ2v) is 3.77. The summed E-state index contributed by atoms with van der Waals surface area (Å²) in [6.45, 7) is 3.65. The van der Waals surface area contributed by atoms with E-state index < -0.39 is 12.0 Å². The molecule has 0 aliphatic heterocycles. The van der Waals surface area contributed by atoms with Crippen molar-refractivity contribution in [2.75, 3.05) is 5.32 Å². The Morgan fingerprint density at radius 2 is 2.35 bits per heavy atom. The van der Waals surface area contributed by atoms with E-state index in [0.29, 0.717) is 23.5 Å². The number of nitrogens with one attached hydrogen (secondary N) is 1. The summed E-state index contributed by atoms with van der Waals surface area (Å²) in [5.74, 6) is -0.405. The van der Waals surface area contributed by atoms with Gasteiger partial charge < -0.3 is 10.4 Å². The topological polar surface area (TPSA) is 86.0 Å². The Labute approximate surface area is 100 Å². The molecule has 0 fully saturated rings. The predicted octanol–water partition coefficient (Wildman–Crippen LogP) is 1.93. The van der Waals surface area contributed by atoms with E-state index >= 15 is 0 Å². The molecule has 0 aliphatic rings. The molecule has 90 valence electrons. The van der Waals surface area contributed by atoms with Crippen molar-refractivity contribution in [2.45, 2.75) is 32.7 Å². The van der Waals surface area contributed by atoms with Crippen LogP contribution in [0.3, 0.4) is 0 Å². The smallest absolute Gasteiger partial charge is 0.326 e. The number of aliphatic carboxylic acids is 1. The number of anilines is 1. The fraction of sp³-hybridized carbons (Fsp3) is 0.417. The van der Waals surface area contributed by atoms with Gasteiger partial charge >= 0.3 is 5.97 Å². The van der Waals surface area contributed by atoms with Crippen LogP contribution in [0.25, 0.3) is 0 Å². The molecule has 17 heavy (non-hydrogen) atoms. The van der Waals surface area contributed by atoms with Crippen LogP contribution >= 0.6 is 0 Å². The Kier molecular flexibility index (Phi) is 4.46. The highest BCUT2D eigenvalue weighted by molar-refractivity contribution is 5.76. The molecule has 1 aromatic rings. The zero-order valence-electron chi connectivity index (χ0n) is 9.90. The average Bonchev–Trinajstić information content (AvgIpc) is 2.28. The van der Waals surface area contributed by atoms with Gasteiger partial charge in [0.1, 0.15) is 17.9 Å². The third-order valence-corrected chi connectivity index (χ3v) is 2.40. The standard InChI is InChI=1S/C12H15N3O2/c1-3-4-10(12(16)17)15-11-6-5-9(7-13)8(2)14-11/h5-6,10H,3-4H2,1-2H3,(H,14,15)(H,16,17). The molecule has 1 rings (SSSR count). The monoisotopic (exact) mass is 233 g/mol. The maximum absolute atomic E-state index is 11.0. The number of pyridine rings is 1. The largest absolute Gasteiger partial charge is 0.480 e. The molecule has 0 bridgehead atoms. The van der Waals surface area contributed by atoms with Crippen molar-refractivity contribution in [2.24, 2.45) is 0 Å². The second kappa shape index (κ2) is 5.85. The molecule has 0 saturated carbocycles. The molecule has 0 saturated heterocycles. The van der Waals surface area contributed by atoms with Crippen molar-refractivity contribution in [3.63, 3.8) is 0 Å². The molecule has 1 aromatic heterocycles. The lowest BCUT2D eigenvalue weighted by atomic mass is 10.1. The number of nitriles is 1. The molecular weight excluding hydrogens is 218 g/mol. The summed E-state index contributed by atoms with van der Waals surface area (Å²) < 4.78 is 0. The fourth-order valence-electron chi connectivity index (χ4n) is 1.48. The van der Waals surface area contributed by atoms with Crippen molar-refractivity contribution >= 4 is 11.8 Å². The van der Waals surface area contributed by atoms with Gasteiger partial charge in [0.05, 0.1) is 11.3 Å². The van der Waals surface area contributed by atoms with Crippen LogP contribution in [0, 0.1) is 18.3 Å². The molecule has 1 unspecified atom stereocenters. The molecule has 2 N–H and O–H groups in total. The van der Waals surface area contributed by atoms with E-state index in [1.54, 1.807) is 19.1 Å². The fourth-order valence-corrected chi connectivity index (χ4v) is 1.48. The Hall–Kier alpha value is -2.09. The molecule has 5 nitrogen and oxygen atoms in total. The highest BCUT2D eigenvalue weighted by Gasteiger charge is 2.16. The molecule has 5 heteroatoms. The molecular formula is C12H15N3O2. The van der Waals surface area contributed by atoms with Gasteiger partial charge in [-0.15, -0.1) is 0 Å². The quantitative estimate of drug-likeness (QED) is 0.811. The summed E-state index contributed by atoms with van der Waals surface area (Å²) in [4.78, 5) is 15.1. The van der Waals surface area contributed by atoms with Crippen LogP contribution in [0.4, 0.5) is 5.82 Å². The normalized spacial score (nSPS) is 11.6. The molecule has 0 amide bonds. The van der Waals surface area contributed by atoms with Crippen LogP contribution < -0.4 is 5.32 Å². The third-order valence-electron chi connectivity index (χ3n) is 2.40. The van der Waals surface area contributed by atoms with Gasteiger partial charge in [-0.3, -0.25) is 0 Å². The minimum Gasteiger partial charge on any atom is -0.480 e. The SMILES string of the molecule is CCCC(Nc1ccc(C#N)c(C)n1)C(=O)O. The Morgan fingerprint density at radius 3 is 2.82 bits per heavy atom. The summed E-state index contributed by atoms with van der Waals surface area (Å²) in [6.07, 6.45) is 1.31. The first-order valence-corrected chi connectivity index (χ1v) is 5.45. The van der Waals surface area contributed by atoms with Gasteiger partial charge in [-0.05, 0) is 25.5 Å². The molecule has 0 aromatic carbocycles. The number of hydrogen-bond acceptors (Lipinski definition) is 4. The molecule has 1 atom stereocenters. The highest BCUT2D eigenvalue weighted by Crippen LogP contribution is 2.12. The maximum atomic E-state index is 11.0. The van der Waals surface area contributed by atoms with Crippen molar-refractivity contribution in [3.05, 3.63) is 23.4 Å². The van der Waals surface area contributed by atoms with Crippen molar-refractivity contribution in [1.29, 1.82) is 5.26 Å². The van der Waals surface area contributed by atoms with Crippen LogP contribution in [0.5, 0.6) is 0 Å². The molecule has 0 radical (unpaired) electrons. The van der Waals surface area contributed by atoms with Gasteiger partial charge in [0.2, 0.25) is 0 Å². The third kappa shape index (κ3) is 3.45. The first kappa shape index (κ1) is 13.0. The van der Waals surface area contributed by atoms with E-state index in [1.165, 1.54) is 0 Å². The van der Waals surface area contributed by atoms with Crippen LogP contribution in [-0.2, 0) is 4.79 Å². The molecule has 1 heterocycles. The summed E-state index contributed by atoms with van der Waals surface area (Å²) in [6, 6.07) is 4.63. The Bertz CT molecular complexity index is 452. The number of nitrogens with zero attached hydrogens (tertiary/aromatic N) is 2. The van der Waals surface area contributed by atoms with Gasteiger partial charge in [-0.1, -0.05) is 13.3 Å². The van der Waals surface area contributed by atoms with Gasteiger partial charge in [-0.2, -0.15) is 5.26 Å². The average molecular weight is 233 g/mol. The summed E-state index contributed by atoms with van der Waals surface area (Å²) in [5, 5.41) is 20.6. The van der Waals surface area contributed by atoms with Gasteiger partial charge in [0.15, 0.2) is 0 Å². The maximum Gasteiger partial charge on any atom is 0.326 e. The zero-order valence-corrected chi connectivity index (χ0v) is 9.90.